The van der Waals surface area contributed by atoms with Crippen molar-refractivity contribution in [3.8, 4) is 0 Å². The van der Waals surface area contributed by atoms with Gasteiger partial charge in [0.2, 0.25) is 0 Å². The predicted molar refractivity (Wildman–Crippen MR) is 74.5 cm³/mol. The van der Waals surface area contributed by atoms with Gasteiger partial charge in [0.15, 0.2) is 0 Å². The third-order valence-electron chi connectivity index (χ3n) is 2.17. The molecule has 16 heavy (non-hydrogen) atoms. The second-order valence-corrected chi connectivity index (χ2v) is 3.76. The van der Waals surface area contributed by atoms with E-state index in [9.17, 15) is 0 Å². The van der Waals surface area contributed by atoms with Crippen molar-refractivity contribution >= 4 is 23.3 Å². The van der Waals surface area contributed by atoms with Crippen LogP contribution >= 0.6 is 11.6 Å². The van der Waals surface area contributed by atoms with Crippen molar-refractivity contribution in [3.63, 3.8) is 0 Å². The summed E-state index contributed by atoms with van der Waals surface area (Å²) in [5.74, 6) is 0. The van der Waals surface area contributed by atoms with Crippen LogP contribution in [-0.2, 0) is 0 Å². The molecule has 0 fully saturated rings. The molecule has 1 aromatic rings. The topological polar surface area (TPSA) is 0 Å². The molecule has 0 radical (unpaired) electrons. The van der Waals surface area contributed by atoms with Gasteiger partial charge in [-0.15, -0.1) is 0 Å². The van der Waals surface area contributed by atoms with Crippen LogP contribution in [0.4, 0.5) is 0 Å². The van der Waals surface area contributed by atoms with Gasteiger partial charge in [0.1, 0.15) is 0 Å². The molecule has 0 spiro atoms. The van der Waals surface area contributed by atoms with Gasteiger partial charge in [0.05, 0.1) is 0 Å². The number of rotatable bonds is 4. The van der Waals surface area contributed by atoms with E-state index in [-0.39, 0.29) is 0 Å². The van der Waals surface area contributed by atoms with Crippen LogP contribution in [0.15, 0.2) is 55.7 Å². The summed E-state index contributed by atoms with van der Waals surface area (Å²) < 4.78 is 0. The lowest BCUT2D eigenvalue weighted by atomic mass is 10.0. The molecule has 1 aromatic carbocycles. The van der Waals surface area contributed by atoms with Crippen LogP contribution in [0.3, 0.4) is 0 Å². The minimum atomic E-state index is 0.709. The van der Waals surface area contributed by atoms with E-state index in [1.807, 2.05) is 49.4 Å². The lowest BCUT2D eigenvalue weighted by Crippen LogP contribution is -1.83. The molecule has 1 rings (SSSR count). The van der Waals surface area contributed by atoms with Gasteiger partial charge in [-0.05, 0) is 30.2 Å². The van der Waals surface area contributed by atoms with Crippen molar-refractivity contribution in [2.75, 3.05) is 0 Å². The van der Waals surface area contributed by atoms with Gasteiger partial charge in [-0.25, -0.2) is 0 Å². The first kappa shape index (κ1) is 12.5. The monoisotopic (exact) mass is 230 g/mol. The van der Waals surface area contributed by atoms with Gasteiger partial charge < -0.3 is 0 Å². The zero-order chi connectivity index (χ0) is 12.0. The molecule has 1 heteroatoms. The normalized spacial score (nSPS) is 11.1. The van der Waals surface area contributed by atoms with Crippen molar-refractivity contribution < 1.29 is 0 Å². The van der Waals surface area contributed by atoms with E-state index in [1.54, 1.807) is 6.08 Å². The Labute approximate surface area is 102 Å². The smallest absolute Gasteiger partial charge is 0.0484 e. The maximum Gasteiger partial charge on any atom is 0.0484 e. The summed E-state index contributed by atoms with van der Waals surface area (Å²) in [5.41, 5.74) is 2.88. The van der Waals surface area contributed by atoms with E-state index in [4.69, 9.17) is 11.6 Å². The first-order chi connectivity index (χ1) is 7.69. The van der Waals surface area contributed by atoms with Crippen molar-refractivity contribution in [2.45, 2.75) is 6.92 Å². The average Bonchev–Trinajstić information content (AvgIpc) is 2.30. The third-order valence-corrected chi connectivity index (χ3v) is 2.50. The molecule has 0 atom stereocenters. The van der Waals surface area contributed by atoms with E-state index in [0.29, 0.717) is 5.02 Å². The zero-order valence-corrected chi connectivity index (χ0v) is 10.2. The highest BCUT2D eigenvalue weighted by atomic mass is 35.5. The molecule has 0 bridgehead atoms. The summed E-state index contributed by atoms with van der Waals surface area (Å²) in [7, 11) is 0. The molecule has 0 aromatic heterocycles. The van der Waals surface area contributed by atoms with Gasteiger partial charge in [-0.3, -0.25) is 0 Å². The fourth-order valence-corrected chi connectivity index (χ4v) is 1.53. The van der Waals surface area contributed by atoms with Gasteiger partial charge in [-0.2, -0.15) is 0 Å². The molecule has 0 N–H and O–H groups in total. The quantitative estimate of drug-likeness (QED) is 0.629. The Bertz CT molecular complexity index is 451. The summed E-state index contributed by atoms with van der Waals surface area (Å²) >= 11 is 6.11. The highest BCUT2D eigenvalue weighted by molar-refractivity contribution is 6.32. The molecule has 82 valence electrons. The van der Waals surface area contributed by atoms with E-state index in [1.165, 1.54) is 0 Å². The van der Waals surface area contributed by atoms with E-state index >= 15 is 0 Å². The van der Waals surface area contributed by atoms with Crippen molar-refractivity contribution in [1.82, 2.24) is 0 Å². The highest BCUT2D eigenvalue weighted by Crippen LogP contribution is 2.25. The standard InChI is InChI=1S/C15H15Cl/c1-4-6-7-8-12(3)14-11-13(5-2)9-10-15(14)16/h4-11H,2-3H2,1H3/b6-4-,8-7-. The fourth-order valence-electron chi connectivity index (χ4n) is 1.29. The van der Waals surface area contributed by atoms with Crippen LogP contribution in [0.2, 0.25) is 5.02 Å². The van der Waals surface area contributed by atoms with E-state index in [2.05, 4.69) is 13.2 Å². The minimum Gasteiger partial charge on any atom is -0.0985 e. The van der Waals surface area contributed by atoms with Crippen LogP contribution < -0.4 is 0 Å². The maximum absolute atomic E-state index is 6.11. The molecule has 0 aliphatic rings. The SMILES string of the molecule is C=Cc1ccc(Cl)c(C(=C)/C=C\C=C/C)c1. The molecule has 0 saturated carbocycles. The van der Waals surface area contributed by atoms with Crippen LogP contribution in [0.25, 0.3) is 11.6 Å². The number of halogens is 1. The number of hydrogen-bond donors (Lipinski definition) is 0. The average molecular weight is 231 g/mol. The third kappa shape index (κ3) is 3.25. The Kier molecular flexibility index (Phi) is 4.81. The first-order valence-corrected chi connectivity index (χ1v) is 5.47. The van der Waals surface area contributed by atoms with Gasteiger partial charge in [0, 0.05) is 10.6 Å². The molecule has 0 saturated heterocycles. The largest absolute Gasteiger partial charge is 0.0985 e. The van der Waals surface area contributed by atoms with Gasteiger partial charge in [-0.1, -0.05) is 61.2 Å². The summed E-state index contributed by atoms with van der Waals surface area (Å²) in [6, 6.07) is 5.78. The summed E-state index contributed by atoms with van der Waals surface area (Å²) in [5, 5.41) is 0.709. The Morgan fingerprint density at radius 3 is 2.69 bits per heavy atom. The lowest BCUT2D eigenvalue weighted by molar-refractivity contribution is 1.59. The number of allylic oxidation sites excluding steroid dienone is 5. The Morgan fingerprint density at radius 2 is 2.06 bits per heavy atom. The van der Waals surface area contributed by atoms with Crippen LogP contribution in [-0.4, -0.2) is 0 Å². The lowest BCUT2D eigenvalue weighted by Gasteiger charge is -2.05. The molecule has 0 aliphatic carbocycles. The second-order valence-electron chi connectivity index (χ2n) is 3.35. The maximum atomic E-state index is 6.11. The van der Waals surface area contributed by atoms with E-state index in [0.717, 1.165) is 16.7 Å². The summed E-state index contributed by atoms with van der Waals surface area (Å²) in [4.78, 5) is 0. The van der Waals surface area contributed by atoms with Crippen LogP contribution in [0.1, 0.15) is 18.1 Å². The Morgan fingerprint density at radius 1 is 1.31 bits per heavy atom. The fraction of sp³-hybridized carbons (Fsp3) is 0.0667. The second kappa shape index (κ2) is 6.14. The van der Waals surface area contributed by atoms with Gasteiger partial charge >= 0.3 is 0 Å². The minimum absolute atomic E-state index is 0.709. The van der Waals surface area contributed by atoms with Crippen molar-refractivity contribution in [1.29, 1.82) is 0 Å². The summed E-state index contributed by atoms with van der Waals surface area (Å²) in [6.07, 6.45) is 9.60. The molecule has 0 amide bonds. The predicted octanol–water partition coefficient (Wildman–Crippen LogP) is 5.13. The van der Waals surface area contributed by atoms with Crippen LogP contribution in [0.5, 0.6) is 0 Å². The van der Waals surface area contributed by atoms with Gasteiger partial charge in [0.25, 0.3) is 0 Å². The molecule has 0 nitrogen and oxygen atoms in total. The van der Waals surface area contributed by atoms with E-state index < -0.39 is 0 Å². The Hall–Kier alpha value is -1.53. The van der Waals surface area contributed by atoms with Crippen LogP contribution in [0, 0.1) is 0 Å². The summed E-state index contributed by atoms with van der Waals surface area (Å²) in [6.45, 7) is 9.70. The molecule has 0 unspecified atom stereocenters. The van der Waals surface area contributed by atoms with Crippen molar-refractivity contribution in [3.05, 3.63) is 71.8 Å². The first-order valence-electron chi connectivity index (χ1n) is 5.09. The number of hydrogen-bond acceptors (Lipinski definition) is 0. The van der Waals surface area contributed by atoms with Crippen molar-refractivity contribution in [2.24, 2.45) is 0 Å². The zero-order valence-electron chi connectivity index (χ0n) is 9.41. The highest BCUT2D eigenvalue weighted by Gasteiger charge is 2.02. The number of benzene rings is 1. The molecular weight excluding hydrogens is 216 g/mol. The Balaban J connectivity index is 3.02. The molecule has 0 heterocycles. The molecular formula is C15H15Cl. The molecule has 0 aliphatic heterocycles.